The second-order valence-corrected chi connectivity index (χ2v) is 10.4. The third kappa shape index (κ3) is 5.32. The molecule has 1 heterocycles. The van der Waals surface area contributed by atoms with Crippen LogP contribution in [0.15, 0.2) is 36.4 Å². The van der Waals surface area contributed by atoms with Gasteiger partial charge in [-0.25, -0.2) is 18.0 Å². The van der Waals surface area contributed by atoms with Crippen LogP contribution in [0.2, 0.25) is 0 Å². The average molecular weight is 500 g/mol. The summed E-state index contributed by atoms with van der Waals surface area (Å²) in [6, 6.07) is 8.92. The van der Waals surface area contributed by atoms with Gasteiger partial charge in [-0.05, 0) is 74.8 Å². The molecule has 9 heteroatoms. The molecule has 1 saturated heterocycles. The number of rotatable bonds is 5. The fourth-order valence-electron chi connectivity index (χ4n) is 5.08. The molecule has 1 N–H and O–H groups in total. The number of hydrogen-bond donors (Lipinski definition) is 1. The molecule has 2 fully saturated rings. The molecule has 0 radical (unpaired) electrons. The molecule has 36 heavy (non-hydrogen) atoms. The molecule has 0 aromatic heterocycles. The molecule has 4 unspecified atom stereocenters. The van der Waals surface area contributed by atoms with Gasteiger partial charge in [-0.15, -0.1) is 0 Å². The molecule has 2 amide bonds. The number of likely N-dealkylation sites (tertiary alicyclic amines) is 1. The molecule has 2 aromatic rings. The zero-order valence-electron chi connectivity index (χ0n) is 20.4. The molecular formula is C27H28F3N3O3. The Morgan fingerprint density at radius 2 is 1.75 bits per heavy atom. The molecule has 1 saturated carbocycles. The predicted octanol–water partition coefficient (Wildman–Crippen LogP) is 5.11. The SMILES string of the molecule is CC(C)(C)OC(=O)N1C2CCC(C2)C1C(=O)NC(C#N)Cc1ccc(-c2cc(F)c(F)c(F)c2)cc1. The van der Waals surface area contributed by atoms with Gasteiger partial charge < -0.3 is 10.1 Å². The van der Waals surface area contributed by atoms with E-state index in [0.29, 0.717) is 11.1 Å². The molecule has 1 aliphatic heterocycles. The van der Waals surface area contributed by atoms with Gasteiger partial charge in [-0.2, -0.15) is 5.26 Å². The smallest absolute Gasteiger partial charge is 0.411 e. The number of amides is 2. The standard InChI is InChI=1S/C27H28F3N3O3/c1-27(2,3)36-26(35)33-20-9-8-17(11-20)24(33)25(34)32-19(14-31)10-15-4-6-16(7-5-15)18-12-21(28)23(30)22(29)13-18/h4-7,12-13,17,19-20,24H,8-11H2,1-3H3,(H,32,34). The van der Waals surface area contributed by atoms with Gasteiger partial charge >= 0.3 is 6.09 Å². The van der Waals surface area contributed by atoms with E-state index in [0.717, 1.165) is 31.4 Å². The molecule has 2 aromatic carbocycles. The fraction of sp³-hybridized carbons (Fsp3) is 0.444. The van der Waals surface area contributed by atoms with Crippen LogP contribution in [0.4, 0.5) is 18.0 Å². The molecule has 2 bridgehead atoms. The van der Waals surface area contributed by atoms with Gasteiger partial charge in [-0.1, -0.05) is 24.3 Å². The maximum absolute atomic E-state index is 13.6. The lowest BCUT2D eigenvalue weighted by Crippen LogP contribution is -2.55. The van der Waals surface area contributed by atoms with Gasteiger partial charge in [0, 0.05) is 12.5 Å². The monoisotopic (exact) mass is 499 g/mol. The van der Waals surface area contributed by atoms with E-state index in [1.165, 1.54) is 4.90 Å². The Bertz CT molecular complexity index is 1180. The summed E-state index contributed by atoms with van der Waals surface area (Å²) in [6.07, 6.45) is 2.07. The summed E-state index contributed by atoms with van der Waals surface area (Å²) < 4.78 is 45.9. The lowest BCUT2D eigenvalue weighted by atomic mass is 9.97. The van der Waals surface area contributed by atoms with Gasteiger partial charge in [0.25, 0.3) is 0 Å². The minimum Gasteiger partial charge on any atom is -0.444 e. The van der Waals surface area contributed by atoms with Crippen LogP contribution in [0.5, 0.6) is 0 Å². The van der Waals surface area contributed by atoms with E-state index in [1.54, 1.807) is 45.0 Å². The van der Waals surface area contributed by atoms with E-state index in [4.69, 9.17) is 4.74 Å². The average Bonchev–Trinajstić information content (AvgIpc) is 3.43. The number of hydrogen-bond acceptors (Lipinski definition) is 4. The van der Waals surface area contributed by atoms with Crippen LogP contribution < -0.4 is 5.32 Å². The third-order valence-electron chi connectivity index (χ3n) is 6.64. The number of ether oxygens (including phenoxy) is 1. The predicted molar refractivity (Wildman–Crippen MR) is 126 cm³/mol. The molecule has 4 atom stereocenters. The highest BCUT2D eigenvalue weighted by Gasteiger charge is 2.52. The molecule has 1 aliphatic carbocycles. The van der Waals surface area contributed by atoms with E-state index < -0.39 is 41.2 Å². The summed E-state index contributed by atoms with van der Waals surface area (Å²) >= 11 is 0. The number of benzene rings is 2. The fourth-order valence-corrected chi connectivity index (χ4v) is 5.08. The first kappa shape index (κ1) is 25.5. The number of fused-ring (bicyclic) bond motifs is 2. The van der Waals surface area contributed by atoms with Crippen molar-refractivity contribution in [1.29, 1.82) is 5.26 Å². The second-order valence-electron chi connectivity index (χ2n) is 10.4. The minimum absolute atomic E-state index is 0.0256. The number of carbonyl (C=O) groups is 2. The Kier molecular flexibility index (Phi) is 6.98. The Morgan fingerprint density at radius 1 is 1.11 bits per heavy atom. The van der Waals surface area contributed by atoms with Crippen LogP contribution in [0.25, 0.3) is 11.1 Å². The summed E-state index contributed by atoms with van der Waals surface area (Å²) in [7, 11) is 0. The topological polar surface area (TPSA) is 82.4 Å². The number of nitrogens with zero attached hydrogens (tertiary/aromatic N) is 2. The number of carbonyl (C=O) groups excluding carboxylic acids is 2. The van der Waals surface area contributed by atoms with Crippen LogP contribution in [0, 0.1) is 34.7 Å². The molecule has 0 spiro atoms. The lowest BCUT2D eigenvalue weighted by Gasteiger charge is -2.35. The molecule has 190 valence electrons. The van der Waals surface area contributed by atoms with E-state index in [-0.39, 0.29) is 29.9 Å². The highest BCUT2D eigenvalue weighted by atomic mass is 19.2. The molecule has 2 aliphatic rings. The van der Waals surface area contributed by atoms with Crippen LogP contribution in [0.1, 0.15) is 45.6 Å². The molecular weight excluding hydrogens is 471 g/mol. The number of piperidine rings is 1. The summed E-state index contributed by atoms with van der Waals surface area (Å²) in [5, 5.41) is 12.4. The van der Waals surface area contributed by atoms with Gasteiger partial charge in [0.15, 0.2) is 17.5 Å². The van der Waals surface area contributed by atoms with Crippen molar-refractivity contribution in [3.8, 4) is 17.2 Å². The van der Waals surface area contributed by atoms with Crippen molar-refractivity contribution in [1.82, 2.24) is 10.2 Å². The summed E-state index contributed by atoms with van der Waals surface area (Å²) in [5.74, 6) is -4.43. The largest absolute Gasteiger partial charge is 0.444 e. The first-order valence-electron chi connectivity index (χ1n) is 11.9. The summed E-state index contributed by atoms with van der Waals surface area (Å²) in [5.41, 5.74) is 0.684. The number of halogens is 3. The van der Waals surface area contributed by atoms with Gasteiger partial charge in [-0.3, -0.25) is 9.69 Å². The summed E-state index contributed by atoms with van der Waals surface area (Å²) in [6.45, 7) is 5.32. The van der Waals surface area contributed by atoms with Crippen molar-refractivity contribution >= 4 is 12.0 Å². The quantitative estimate of drug-likeness (QED) is 0.580. The van der Waals surface area contributed by atoms with E-state index in [2.05, 4.69) is 11.4 Å². The summed E-state index contributed by atoms with van der Waals surface area (Å²) in [4.78, 5) is 27.5. The van der Waals surface area contributed by atoms with Crippen molar-refractivity contribution in [3.63, 3.8) is 0 Å². The highest BCUT2D eigenvalue weighted by Crippen LogP contribution is 2.43. The Balaban J connectivity index is 1.43. The Hall–Kier alpha value is -3.54. The van der Waals surface area contributed by atoms with E-state index in [1.807, 2.05) is 0 Å². The van der Waals surface area contributed by atoms with Crippen LogP contribution in [0.3, 0.4) is 0 Å². The van der Waals surface area contributed by atoms with Gasteiger partial charge in [0.05, 0.1) is 6.07 Å². The Labute approximate surface area is 208 Å². The number of nitrogens with one attached hydrogen (secondary N) is 1. The normalized spacial score (nSPS) is 21.7. The number of nitriles is 1. The van der Waals surface area contributed by atoms with Gasteiger partial charge in [0.1, 0.15) is 17.7 Å². The maximum Gasteiger partial charge on any atom is 0.411 e. The first-order valence-corrected chi connectivity index (χ1v) is 11.9. The second kappa shape index (κ2) is 9.84. The first-order chi connectivity index (χ1) is 17.0. The third-order valence-corrected chi connectivity index (χ3v) is 6.64. The zero-order chi connectivity index (χ0) is 26.2. The minimum atomic E-state index is -1.52. The van der Waals surface area contributed by atoms with Crippen LogP contribution in [-0.4, -0.2) is 40.6 Å². The highest BCUT2D eigenvalue weighted by molar-refractivity contribution is 5.87. The Morgan fingerprint density at radius 3 is 2.33 bits per heavy atom. The van der Waals surface area contributed by atoms with Crippen molar-refractivity contribution in [3.05, 3.63) is 59.4 Å². The molecule has 6 nitrogen and oxygen atoms in total. The van der Waals surface area contributed by atoms with Crippen LogP contribution >= 0.6 is 0 Å². The molecule has 4 rings (SSSR count). The van der Waals surface area contributed by atoms with Crippen LogP contribution in [-0.2, 0) is 16.0 Å². The van der Waals surface area contributed by atoms with E-state index in [9.17, 15) is 28.0 Å². The van der Waals surface area contributed by atoms with Crippen molar-refractivity contribution in [2.24, 2.45) is 5.92 Å². The maximum atomic E-state index is 13.6. The zero-order valence-corrected chi connectivity index (χ0v) is 20.4. The van der Waals surface area contributed by atoms with Crippen molar-refractivity contribution in [2.75, 3.05) is 0 Å². The van der Waals surface area contributed by atoms with Crippen molar-refractivity contribution in [2.45, 2.75) is 70.2 Å². The lowest BCUT2D eigenvalue weighted by molar-refractivity contribution is -0.128. The van der Waals surface area contributed by atoms with Gasteiger partial charge in [0.2, 0.25) is 5.91 Å². The van der Waals surface area contributed by atoms with E-state index >= 15 is 0 Å². The van der Waals surface area contributed by atoms with Crippen molar-refractivity contribution < 1.29 is 27.5 Å².